The maximum atomic E-state index is 12.2. The quantitative estimate of drug-likeness (QED) is 0.882. The van der Waals surface area contributed by atoms with Crippen LogP contribution in [0.25, 0.3) is 0 Å². The topological polar surface area (TPSA) is 46.3 Å². The lowest BCUT2D eigenvalue weighted by Gasteiger charge is -2.15. The van der Waals surface area contributed by atoms with Crippen molar-refractivity contribution < 1.29 is 4.79 Å². The van der Waals surface area contributed by atoms with Crippen LogP contribution in [0, 0.1) is 11.8 Å². The number of thiophene rings is 2. The van der Waals surface area contributed by atoms with Gasteiger partial charge in [0.15, 0.2) is 0 Å². The Morgan fingerprint density at radius 2 is 2.30 bits per heavy atom. The molecule has 2 rings (SSSR count). The standard InChI is InChI=1S/C14H13ClN2OS2/c1-17(14(18)13-12(15)4-6-19-13)8-11-7-10(9-20-11)3-2-5-16/h4,6-7,9H,5,8,16H2,1H3. The highest BCUT2D eigenvalue weighted by molar-refractivity contribution is 7.12. The Hall–Kier alpha value is -1.32. The summed E-state index contributed by atoms with van der Waals surface area (Å²) in [4.78, 5) is 15.5. The molecule has 0 spiro atoms. The largest absolute Gasteiger partial charge is 0.336 e. The molecule has 6 heteroatoms. The number of nitrogens with two attached hydrogens (primary N) is 1. The Kier molecular flexibility index (Phi) is 5.21. The van der Waals surface area contributed by atoms with E-state index in [1.54, 1.807) is 29.4 Å². The van der Waals surface area contributed by atoms with Crippen molar-refractivity contribution in [3.63, 3.8) is 0 Å². The van der Waals surface area contributed by atoms with Crippen molar-refractivity contribution in [3.8, 4) is 11.8 Å². The first-order valence-electron chi connectivity index (χ1n) is 5.86. The highest BCUT2D eigenvalue weighted by Gasteiger charge is 2.17. The lowest BCUT2D eigenvalue weighted by atomic mass is 10.3. The van der Waals surface area contributed by atoms with Gasteiger partial charge in [-0.2, -0.15) is 0 Å². The molecule has 0 aromatic carbocycles. The van der Waals surface area contributed by atoms with E-state index in [1.165, 1.54) is 11.3 Å². The van der Waals surface area contributed by atoms with Gasteiger partial charge in [-0.1, -0.05) is 23.4 Å². The zero-order valence-electron chi connectivity index (χ0n) is 10.9. The van der Waals surface area contributed by atoms with E-state index in [0.29, 0.717) is 23.0 Å². The van der Waals surface area contributed by atoms with Gasteiger partial charge in [0.2, 0.25) is 0 Å². The monoisotopic (exact) mass is 324 g/mol. The van der Waals surface area contributed by atoms with Crippen molar-refractivity contribution in [2.24, 2.45) is 5.73 Å². The predicted octanol–water partition coefficient (Wildman–Crippen LogP) is 3.05. The van der Waals surface area contributed by atoms with Gasteiger partial charge in [0.25, 0.3) is 5.91 Å². The normalized spacial score (nSPS) is 9.95. The van der Waals surface area contributed by atoms with E-state index in [4.69, 9.17) is 17.3 Å². The molecular weight excluding hydrogens is 312 g/mol. The Bertz CT molecular complexity index is 666. The zero-order chi connectivity index (χ0) is 14.5. The zero-order valence-corrected chi connectivity index (χ0v) is 13.2. The van der Waals surface area contributed by atoms with Gasteiger partial charge in [0.1, 0.15) is 4.88 Å². The molecule has 2 aromatic heterocycles. The average Bonchev–Trinajstić information content (AvgIpc) is 3.04. The lowest BCUT2D eigenvalue weighted by molar-refractivity contribution is 0.0791. The van der Waals surface area contributed by atoms with Gasteiger partial charge < -0.3 is 10.6 Å². The summed E-state index contributed by atoms with van der Waals surface area (Å²) >= 11 is 8.92. The summed E-state index contributed by atoms with van der Waals surface area (Å²) in [5.41, 5.74) is 6.27. The Labute approximate surface area is 131 Å². The summed E-state index contributed by atoms with van der Waals surface area (Å²) < 4.78 is 0. The Morgan fingerprint density at radius 1 is 1.50 bits per heavy atom. The number of hydrogen-bond donors (Lipinski definition) is 1. The number of carbonyl (C=O) groups is 1. The van der Waals surface area contributed by atoms with Gasteiger partial charge in [-0.3, -0.25) is 4.79 Å². The molecule has 0 saturated carbocycles. The summed E-state index contributed by atoms with van der Waals surface area (Å²) in [7, 11) is 1.77. The number of amides is 1. The van der Waals surface area contributed by atoms with E-state index >= 15 is 0 Å². The fourth-order valence-electron chi connectivity index (χ4n) is 1.61. The molecule has 0 aliphatic carbocycles. The molecule has 2 aromatic rings. The molecule has 3 nitrogen and oxygen atoms in total. The van der Waals surface area contributed by atoms with Crippen LogP contribution in [0.3, 0.4) is 0 Å². The highest BCUT2D eigenvalue weighted by atomic mass is 35.5. The number of nitrogens with zero attached hydrogens (tertiary/aromatic N) is 1. The van der Waals surface area contributed by atoms with Crippen LogP contribution in [0.2, 0.25) is 5.02 Å². The molecule has 0 bridgehead atoms. The van der Waals surface area contributed by atoms with Gasteiger partial charge in [0, 0.05) is 22.9 Å². The predicted molar refractivity (Wildman–Crippen MR) is 85.4 cm³/mol. The number of carbonyl (C=O) groups excluding carboxylic acids is 1. The third-order valence-electron chi connectivity index (χ3n) is 2.54. The van der Waals surface area contributed by atoms with Crippen molar-refractivity contribution in [1.82, 2.24) is 4.90 Å². The van der Waals surface area contributed by atoms with Gasteiger partial charge in [-0.25, -0.2) is 0 Å². The van der Waals surface area contributed by atoms with E-state index < -0.39 is 0 Å². The van der Waals surface area contributed by atoms with Gasteiger partial charge in [-0.05, 0) is 17.5 Å². The molecule has 20 heavy (non-hydrogen) atoms. The minimum Gasteiger partial charge on any atom is -0.336 e. The first kappa shape index (κ1) is 15.1. The maximum Gasteiger partial charge on any atom is 0.265 e. The molecule has 0 aliphatic rings. The lowest BCUT2D eigenvalue weighted by Crippen LogP contribution is -2.25. The molecule has 0 atom stereocenters. The molecule has 1 amide bonds. The maximum absolute atomic E-state index is 12.2. The summed E-state index contributed by atoms with van der Waals surface area (Å²) in [6.07, 6.45) is 0. The molecular formula is C14H13ClN2OS2. The van der Waals surface area contributed by atoms with Crippen molar-refractivity contribution in [2.75, 3.05) is 13.6 Å². The molecule has 0 fully saturated rings. The second-order valence-electron chi connectivity index (χ2n) is 4.07. The number of hydrogen-bond acceptors (Lipinski definition) is 4. The van der Waals surface area contributed by atoms with Crippen LogP contribution in [0.1, 0.15) is 20.1 Å². The van der Waals surface area contributed by atoms with Crippen LogP contribution in [0.5, 0.6) is 0 Å². The first-order chi connectivity index (χ1) is 9.61. The summed E-state index contributed by atoms with van der Waals surface area (Å²) in [5.74, 6) is 5.73. The van der Waals surface area contributed by atoms with Crippen molar-refractivity contribution in [3.05, 3.63) is 43.2 Å². The number of halogens is 1. The van der Waals surface area contributed by atoms with E-state index in [1.807, 2.05) is 16.8 Å². The van der Waals surface area contributed by atoms with E-state index in [0.717, 1.165) is 10.4 Å². The van der Waals surface area contributed by atoms with Crippen LogP contribution < -0.4 is 5.73 Å². The second kappa shape index (κ2) is 6.91. The third kappa shape index (κ3) is 3.62. The van der Waals surface area contributed by atoms with Crippen LogP contribution >= 0.6 is 34.3 Å². The van der Waals surface area contributed by atoms with Crippen LogP contribution in [0.4, 0.5) is 0 Å². The first-order valence-corrected chi connectivity index (χ1v) is 8.00. The fourth-order valence-corrected chi connectivity index (χ4v) is 3.61. The third-order valence-corrected chi connectivity index (χ3v) is 4.79. The van der Waals surface area contributed by atoms with Crippen molar-refractivity contribution in [2.45, 2.75) is 6.54 Å². The van der Waals surface area contributed by atoms with Gasteiger partial charge in [-0.15, -0.1) is 22.7 Å². The highest BCUT2D eigenvalue weighted by Crippen LogP contribution is 2.24. The molecule has 0 unspecified atom stereocenters. The summed E-state index contributed by atoms with van der Waals surface area (Å²) in [5, 5.41) is 4.29. The Morgan fingerprint density at radius 3 is 2.95 bits per heavy atom. The minimum atomic E-state index is -0.0620. The average molecular weight is 325 g/mol. The van der Waals surface area contributed by atoms with Crippen LogP contribution in [0.15, 0.2) is 22.9 Å². The molecule has 0 saturated heterocycles. The van der Waals surface area contributed by atoms with Crippen molar-refractivity contribution >= 4 is 40.2 Å². The Balaban J connectivity index is 2.04. The van der Waals surface area contributed by atoms with Gasteiger partial charge in [0.05, 0.1) is 18.1 Å². The summed E-state index contributed by atoms with van der Waals surface area (Å²) in [6.45, 7) is 0.891. The van der Waals surface area contributed by atoms with E-state index in [-0.39, 0.29) is 5.91 Å². The fraction of sp³-hybridized carbons (Fsp3) is 0.214. The van der Waals surface area contributed by atoms with Crippen LogP contribution in [-0.2, 0) is 6.54 Å². The summed E-state index contributed by atoms with van der Waals surface area (Å²) in [6, 6.07) is 3.71. The second-order valence-corrected chi connectivity index (χ2v) is 6.39. The SMILES string of the molecule is CN(Cc1cc(C#CCN)cs1)C(=O)c1sccc1Cl. The van der Waals surface area contributed by atoms with Crippen molar-refractivity contribution in [1.29, 1.82) is 0 Å². The van der Waals surface area contributed by atoms with Crippen LogP contribution in [-0.4, -0.2) is 24.4 Å². The number of rotatable bonds is 3. The molecule has 2 heterocycles. The van der Waals surface area contributed by atoms with E-state index in [2.05, 4.69) is 11.8 Å². The molecule has 2 N–H and O–H groups in total. The van der Waals surface area contributed by atoms with Gasteiger partial charge >= 0.3 is 0 Å². The van der Waals surface area contributed by atoms with E-state index in [9.17, 15) is 4.79 Å². The molecule has 0 radical (unpaired) electrons. The smallest absolute Gasteiger partial charge is 0.265 e. The molecule has 104 valence electrons. The minimum absolute atomic E-state index is 0.0620. The molecule has 0 aliphatic heterocycles.